The van der Waals surface area contributed by atoms with Gasteiger partial charge in [0.2, 0.25) is 29.9 Å². The number of carboxylic acids is 6. The normalized spacial score (nSPS) is 28.2. The van der Waals surface area contributed by atoms with Crippen LogP contribution in [-0.4, -0.2) is 409 Å². The number of carbonyl (C=O) groups is 11. The molecule has 0 spiro atoms. The van der Waals surface area contributed by atoms with E-state index >= 15 is 0 Å². The number of urea groups is 1. The second-order valence-corrected chi connectivity index (χ2v) is 34.0. The summed E-state index contributed by atoms with van der Waals surface area (Å²) in [6, 6.07) is 22.0. The van der Waals surface area contributed by atoms with Crippen molar-refractivity contribution in [1.29, 1.82) is 0 Å². The third-order valence-corrected chi connectivity index (χ3v) is 24.6. The highest BCUT2D eigenvalue weighted by Gasteiger charge is 2.56. The third-order valence-electron chi connectivity index (χ3n) is 24.6. The average molecular weight is 1850 g/mol. The summed E-state index contributed by atoms with van der Waals surface area (Å²) in [6.45, 7) is 1.12. The standard InChI is InChI=1S/C87H121N11O33/c99-46-61-76(70(111)73(114)84(126-61)125-57-20-14-49(15-21-57)16-23-64(101)89-41-50-11-18-53(19-12-50)79(117)90-60(39-51-13-17-52-6-1-2-7-54(52)38-51)80(118)88-25-4-3-10-58(81(119)120)91-87(123)92-59(82(121)122)22-24-66(103)104)130-85-74(115)71(112)77(62(47-100)127-85)131-86-75(116)72(113)78-63(128-86)48-124-83(129-78)55-8-5-9-56(40-55)97-34-36-98(37-35-97)65(102)42-93-26-28-94(43-67(105)106)30-32-96(45-69(109)110)33-31-95(29-27-93)44-68(107)108/h1-2,5-9,13-15,17,20-21,38,40,50,53,58-63,70-78,83-86,99-100,111-116H,3-4,10-12,16,18-19,22-37,39,41-48H2,(H,88,118)(H,89,101)(H,90,117)(H,103,104)(H,105,106)(H,107,108)(H,109,110)(H,119,120)(H,121,122)(H2,91,92,123). The predicted octanol–water partition coefficient (Wildman–Crippen LogP) is -3.51. The summed E-state index contributed by atoms with van der Waals surface area (Å²) in [5, 5.41) is 162. The molecule has 6 heterocycles. The van der Waals surface area contributed by atoms with Gasteiger partial charge in [-0.2, -0.15) is 0 Å². The van der Waals surface area contributed by atoms with E-state index in [1.54, 1.807) is 56.0 Å². The number of aliphatic hydroxyl groups excluding tert-OH is 8. The van der Waals surface area contributed by atoms with E-state index in [0.29, 0.717) is 70.4 Å². The van der Waals surface area contributed by atoms with Crippen LogP contribution in [0, 0.1) is 11.8 Å². The highest BCUT2D eigenvalue weighted by Crippen LogP contribution is 2.39. The van der Waals surface area contributed by atoms with Crippen LogP contribution in [0.4, 0.5) is 10.5 Å². The number of carbonyl (C=O) groups excluding carboxylic acids is 5. The molecule has 7 fully saturated rings. The topological polar surface area (TPSA) is 624 Å². The van der Waals surface area contributed by atoms with Gasteiger partial charge < -0.3 is 146 Å². The Hall–Kier alpha value is -10.0. The molecule has 44 nitrogen and oxygen atoms in total. The number of nitrogens with one attached hydrogen (secondary N) is 5. The minimum atomic E-state index is -2.04. The first-order valence-corrected chi connectivity index (χ1v) is 44.1. The molecule has 0 aromatic heterocycles. The Labute approximate surface area is 753 Å². The number of hydrogen-bond donors (Lipinski definition) is 19. The number of aliphatic hydroxyl groups is 8. The lowest BCUT2D eigenvalue weighted by Crippen LogP contribution is -2.67. The lowest BCUT2D eigenvalue weighted by molar-refractivity contribution is -0.392. The molecule has 1 aliphatic carbocycles. The van der Waals surface area contributed by atoms with Gasteiger partial charge in [0, 0.05) is 128 Å². The number of carboxylic acid groups (broad SMARTS) is 6. The van der Waals surface area contributed by atoms with Gasteiger partial charge in [-0.25, -0.2) is 14.4 Å². The molecule has 19 unspecified atom stereocenters. The van der Waals surface area contributed by atoms with Crippen molar-refractivity contribution in [1.82, 2.24) is 51.1 Å². The number of aliphatic carboxylic acids is 6. The van der Waals surface area contributed by atoms with Crippen LogP contribution >= 0.6 is 0 Å². The maximum absolute atomic E-state index is 14.0. The Kier molecular flexibility index (Phi) is 38.0. The van der Waals surface area contributed by atoms with Crippen LogP contribution in [0.1, 0.15) is 87.2 Å². The largest absolute Gasteiger partial charge is 0.481 e. The summed E-state index contributed by atoms with van der Waals surface area (Å²) in [5.41, 5.74) is 2.82. The van der Waals surface area contributed by atoms with Crippen LogP contribution in [0.2, 0.25) is 0 Å². The van der Waals surface area contributed by atoms with Crippen molar-refractivity contribution in [2.45, 2.75) is 194 Å². The molecule has 7 aliphatic rings. The van der Waals surface area contributed by atoms with Crippen molar-refractivity contribution in [3.05, 3.63) is 108 Å². The monoisotopic (exact) mass is 1850 g/mol. The highest BCUT2D eigenvalue weighted by molar-refractivity contribution is 5.90. The number of rotatable bonds is 40. The van der Waals surface area contributed by atoms with Crippen molar-refractivity contribution >= 4 is 81.9 Å². The van der Waals surface area contributed by atoms with Crippen LogP contribution in [0.5, 0.6) is 5.75 Å². The van der Waals surface area contributed by atoms with E-state index in [9.17, 15) is 119 Å². The van der Waals surface area contributed by atoms with Crippen molar-refractivity contribution in [2.75, 3.05) is 143 Å². The molecule has 0 radical (unpaired) electrons. The summed E-state index contributed by atoms with van der Waals surface area (Å²) >= 11 is 0. The Balaban J connectivity index is 0.586. The van der Waals surface area contributed by atoms with Crippen LogP contribution in [0.15, 0.2) is 91.0 Å². The second kappa shape index (κ2) is 49.1. The molecule has 6 saturated heterocycles. The molecular weight excluding hydrogens is 1730 g/mol. The predicted molar refractivity (Wildman–Crippen MR) is 455 cm³/mol. The number of anilines is 1. The van der Waals surface area contributed by atoms with E-state index in [1.807, 2.05) is 59.5 Å². The zero-order valence-corrected chi connectivity index (χ0v) is 72.3. The van der Waals surface area contributed by atoms with Gasteiger partial charge in [-0.15, -0.1) is 0 Å². The van der Waals surface area contributed by atoms with Crippen molar-refractivity contribution in [3.63, 3.8) is 0 Å². The molecular formula is C87H121N11O33. The van der Waals surface area contributed by atoms with Gasteiger partial charge in [0.15, 0.2) is 18.9 Å². The van der Waals surface area contributed by atoms with Gasteiger partial charge in [-0.1, -0.05) is 66.7 Å². The van der Waals surface area contributed by atoms with Crippen LogP contribution < -0.4 is 36.2 Å². The first-order valence-electron chi connectivity index (χ1n) is 44.1. The molecule has 4 aromatic carbocycles. The molecule has 19 N–H and O–H groups in total. The molecule has 19 atom stereocenters. The van der Waals surface area contributed by atoms with E-state index in [0.717, 1.165) is 27.6 Å². The second-order valence-electron chi connectivity index (χ2n) is 34.0. The van der Waals surface area contributed by atoms with Gasteiger partial charge in [-0.05, 0) is 110 Å². The van der Waals surface area contributed by atoms with E-state index in [4.69, 9.17) is 43.0 Å². The maximum Gasteiger partial charge on any atom is 0.326 e. The molecule has 4 aromatic rings. The van der Waals surface area contributed by atoms with Crippen molar-refractivity contribution in [2.24, 2.45) is 11.8 Å². The molecule has 11 rings (SSSR count). The van der Waals surface area contributed by atoms with Crippen LogP contribution in [-0.2, 0) is 93.9 Å². The highest BCUT2D eigenvalue weighted by atomic mass is 16.8. The fourth-order valence-corrected chi connectivity index (χ4v) is 17.1. The number of aryl methyl sites for hydroxylation is 1. The average Bonchev–Trinajstić information content (AvgIpc) is 0.768. The SMILES string of the molecule is O=C(O)CCC(NC(=O)NC(CCCCNC(=O)C(Cc1ccc2ccccc2c1)NC(=O)C1CCC(CNC(=O)CCc2ccc(OC3OC(CO)C(OC4OC(CO)C(OC5OC6COC(c7cccc(N8CCN(C(=O)CN9CCN(CC(=O)O)CCN(CC(=O)O)CCN(CC(=O)O)CC9)CC8)c7)OC6C(O)C5O)C(O)C4O)C(O)C3O)cc2)CC1)C(=O)O)C(=O)O. The number of fused-ring (bicyclic) bond motifs is 2. The summed E-state index contributed by atoms with van der Waals surface area (Å²) in [4.78, 5) is 148. The molecule has 6 amide bonds. The minimum Gasteiger partial charge on any atom is -0.481 e. The molecule has 722 valence electrons. The van der Waals surface area contributed by atoms with Gasteiger partial charge in [0.25, 0.3) is 0 Å². The summed E-state index contributed by atoms with van der Waals surface area (Å²) in [6.07, 6.45) is -24.1. The zero-order valence-electron chi connectivity index (χ0n) is 72.3. The van der Waals surface area contributed by atoms with E-state index in [2.05, 4.69) is 31.5 Å². The van der Waals surface area contributed by atoms with E-state index in [-0.39, 0.29) is 153 Å². The molecule has 1 saturated carbocycles. The minimum absolute atomic E-state index is 0.0189. The molecule has 131 heavy (non-hydrogen) atoms. The fourth-order valence-electron chi connectivity index (χ4n) is 17.1. The van der Waals surface area contributed by atoms with E-state index in [1.165, 1.54) is 0 Å². The van der Waals surface area contributed by atoms with Gasteiger partial charge in [-0.3, -0.25) is 58.0 Å². The van der Waals surface area contributed by atoms with Gasteiger partial charge >= 0.3 is 41.8 Å². The van der Waals surface area contributed by atoms with Crippen LogP contribution in [0.25, 0.3) is 10.8 Å². The number of unbranched alkanes of at least 4 members (excludes halogenated alkanes) is 1. The summed E-state index contributed by atoms with van der Waals surface area (Å²) in [5.74, 6) is -8.76. The lowest BCUT2D eigenvalue weighted by Gasteiger charge is -2.49. The summed E-state index contributed by atoms with van der Waals surface area (Å²) < 4.78 is 48.0. The maximum atomic E-state index is 14.0. The quantitative estimate of drug-likeness (QED) is 0.0192. The zero-order chi connectivity index (χ0) is 94.1. The molecule has 44 heteroatoms. The Morgan fingerprint density at radius 1 is 0.481 bits per heavy atom. The Bertz CT molecular complexity index is 4440. The van der Waals surface area contributed by atoms with Crippen molar-refractivity contribution < 1.29 is 162 Å². The number of nitrogens with zero attached hydrogens (tertiary/aromatic N) is 6. The Morgan fingerprint density at radius 2 is 1.02 bits per heavy atom. The summed E-state index contributed by atoms with van der Waals surface area (Å²) in [7, 11) is 0. The number of hydrogen-bond acceptors (Lipinski definition) is 32. The number of ether oxygens (including phenoxy) is 8. The van der Waals surface area contributed by atoms with Gasteiger partial charge in [0.1, 0.15) is 97.1 Å². The van der Waals surface area contributed by atoms with E-state index < -0.39 is 196 Å². The first-order chi connectivity index (χ1) is 62.8. The molecule has 0 bridgehead atoms. The number of amides is 6. The van der Waals surface area contributed by atoms with Crippen molar-refractivity contribution in [3.8, 4) is 5.75 Å². The number of piperazine rings is 1. The van der Waals surface area contributed by atoms with Gasteiger partial charge in [0.05, 0.1) is 46.0 Å². The Morgan fingerprint density at radius 3 is 1.60 bits per heavy atom. The first kappa shape index (κ1) is 101. The van der Waals surface area contributed by atoms with Crippen LogP contribution in [0.3, 0.4) is 0 Å². The third kappa shape index (κ3) is 29.5. The lowest BCUT2D eigenvalue weighted by atomic mass is 9.81. The smallest absolute Gasteiger partial charge is 0.326 e. The fraction of sp³-hybridized carbons (Fsp3) is 0.621. The molecule has 6 aliphatic heterocycles. The number of benzene rings is 4.